The SMILES string of the molecule is NC1(Cc2cc3[nH]ccc3cc2F)CC1. The van der Waals surface area contributed by atoms with E-state index in [1.165, 1.54) is 0 Å². The summed E-state index contributed by atoms with van der Waals surface area (Å²) in [4.78, 5) is 3.09. The van der Waals surface area contributed by atoms with Gasteiger partial charge < -0.3 is 10.7 Å². The van der Waals surface area contributed by atoms with Gasteiger partial charge in [0.25, 0.3) is 0 Å². The lowest BCUT2D eigenvalue weighted by molar-refractivity contribution is 0.584. The summed E-state index contributed by atoms with van der Waals surface area (Å²) in [7, 11) is 0. The van der Waals surface area contributed by atoms with Gasteiger partial charge in [0.1, 0.15) is 5.82 Å². The number of nitrogens with two attached hydrogens (primary N) is 1. The van der Waals surface area contributed by atoms with E-state index in [1.807, 2.05) is 18.3 Å². The van der Waals surface area contributed by atoms with Crippen molar-refractivity contribution in [3.8, 4) is 0 Å². The summed E-state index contributed by atoms with van der Waals surface area (Å²) in [6, 6.07) is 5.32. The van der Waals surface area contributed by atoms with Crippen molar-refractivity contribution >= 4 is 10.9 Å². The fraction of sp³-hybridized carbons (Fsp3) is 0.333. The molecule has 0 aliphatic heterocycles. The van der Waals surface area contributed by atoms with Gasteiger partial charge in [0.15, 0.2) is 0 Å². The van der Waals surface area contributed by atoms with Crippen molar-refractivity contribution in [2.45, 2.75) is 24.8 Å². The maximum absolute atomic E-state index is 13.7. The van der Waals surface area contributed by atoms with Crippen LogP contribution in [0.15, 0.2) is 24.4 Å². The molecular weight excluding hydrogens is 191 g/mol. The lowest BCUT2D eigenvalue weighted by Crippen LogP contribution is -2.25. The quantitative estimate of drug-likeness (QED) is 0.774. The molecule has 0 radical (unpaired) electrons. The molecule has 1 fully saturated rings. The summed E-state index contributed by atoms with van der Waals surface area (Å²) in [5.74, 6) is -0.140. The number of fused-ring (bicyclic) bond motifs is 1. The Hall–Kier alpha value is -1.35. The predicted molar refractivity (Wildman–Crippen MR) is 58.1 cm³/mol. The molecule has 0 spiro atoms. The highest BCUT2D eigenvalue weighted by Crippen LogP contribution is 2.36. The van der Waals surface area contributed by atoms with Crippen LogP contribution in [0.2, 0.25) is 0 Å². The number of aromatic nitrogens is 1. The Morgan fingerprint density at radius 1 is 1.40 bits per heavy atom. The highest BCUT2D eigenvalue weighted by Gasteiger charge is 2.38. The number of aromatic amines is 1. The number of rotatable bonds is 2. The Balaban J connectivity index is 2.05. The monoisotopic (exact) mass is 204 g/mol. The van der Waals surface area contributed by atoms with E-state index >= 15 is 0 Å². The van der Waals surface area contributed by atoms with E-state index in [0.717, 1.165) is 29.3 Å². The first-order chi connectivity index (χ1) is 7.16. The Labute approximate surface area is 87.3 Å². The van der Waals surface area contributed by atoms with E-state index in [0.29, 0.717) is 6.42 Å². The molecular formula is C12H13FN2. The Kier molecular flexibility index (Phi) is 1.68. The summed E-state index contributed by atoms with van der Waals surface area (Å²) in [5, 5.41) is 0.915. The van der Waals surface area contributed by atoms with E-state index in [-0.39, 0.29) is 11.4 Å². The van der Waals surface area contributed by atoms with Gasteiger partial charge in [0.05, 0.1) is 0 Å². The zero-order valence-corrected chi connectivity index (χ0v) is 8.39. The number of nitrogens with one attached hydrogen (secondary N) is 1. The molecule has 1 aliphatic carbocycles. The van der Waals surface area contributed by atoms with Crippen LogP contribution < -0.4 is 5.73 Å². The summed E-state index contributed by atoms with van der Waals surface area (Å²) in [6.45, 7) is 0. The van der Waals surface area contributed by atoms with E-state index in [9.17, 15) is 4.39 Å². The van der Waals surface area contributed by atoms with E-state index in [4.69, 9.17) is 5.73 Å². The molecule has 3 rings (SSSR count). The van der Waals surface area contributed by atoms with E-state index in [2.05, 4.69) is 4.98 Å². The van der Waals surface area contributed by atoms with Crippen molar-refractivity contribution in [2.75, 3.05) is 0 Å². The van der Waals surface area contributed by atoms with Crippen molar-refractivity contribution in [3.63, 3.8) is 0 Å². The zero-order chi connectivity index (χ0) is 10.5. The third-order valence-corrected chi connectivity index (χ3v) is 3.16. The second kappa shape index (κ2) is 2.83. The van der Waals surface area contributed by atoms with Gasteiger partial charge in [-0.1, -0.05) is 0 Å². The average Bonchev–Trinajstić information content (AvgIpc) is 2.74. The van der Waals surface area contributed by atoms with Crippen molar-refractivity contribution in [1.29, 1.82) is 0 Å². The lowest BCUT2D eigenvalue weighted by Gasteiger charge is -2.09. The average molecular weight is 204 g/mol. The van der Waals surface area contributed by atoms with Crippen molar-refractivity contribution < 1.29 is 4.39 Å². The summed E-state index contributed by atoms with van der Waals surface area (Å²) >= 11 is 0. The van der Waals surface area contributed by atoms with Crippen LogP contribution in [0, 0.1) is 5.82 Å². The van der Waals surface area contributed by atoms with Crippen LogP contribution in [-0.4, -0.2) is 10.5 Å². The molecule has 3 N–H and O–H groups in total. The highest BCUT2D eigenvalue weighted by molar-refractivity contribution is 5.80. The van der Waals surface area contributed by atoms with Gasteiger partial charge in [-0.25, -0.2) is 4.39 Å². The molecule has 15 heavy (non-hydrogen) atoms. The third-order valence-electron chi connectivity index (χ3n) is 3.16. The highest BCUT2D eigenvalue weighted by atomic mass is 19.1. The van der Waals surface area contributed by atoms with Crippen molar-refractivity contribution in [3.05, 3.63) is 35.8 Å². The maximum atomic E-state index is 13.7. The molecule has 2 nitrogen and oxygen atoms in total. The van der Waals surface area contributed by atoms with Crippen LogP contribution >= 0.6 is 0 Å². The predicted octanol–water partition coefficient (Wildman–Crippen LogP) is 2.34. The third kappa shape index (κ3) is 1.53. The van der Waals surface area contributed by atoms with Gasteiger partial charge in [0.2, 0.25) is 0 Å². The zero-order valence-electron chi connectivity index (χ0n) is 8.39. The summed E-state index contributed by atoms with van der Waals surface area (Å²) in [6.07, 6.45) is 4.49. The molecule has 2 aromatic rings. The molecule has 0 atom stereocenters. The molecule has 1 aliphatic rings. The minimum atomic E-state index is -0.140. The first-order valence-corrected chi connectivity index (χ1v) is 5.21. The number of hydrogen-bond acceptors (Lipinski definition) is 1. The smallest absolute Gasteiger partial charge is 0.127 e. The van der Waals surface area contributed by atoms with Gasteiger partial charge in [-0.2, -0.15) is 0 Å². The van der Waals surface area contributed by atoms with Crippen LogP contribution in [0.1, 0.15) is 18.4 Å². The van der Waals surface area contributed by atoms with E-state index in [1.54, 1.807) is 6.07 Å². The molecule has 1 saturated carbocycles. The molecule has 1 aromatic heterocycles. The Morgan fingerprint density at radius 2 is 2.20 bits per heavy atom. The van der Waals surface area contributed by atoms with Crippen molar-refractivity contribution in [1.82, 2.24) is 4.98 Å². The van der Waals surface area contributed by atoms with Gasteiger partial charge >= 0.3 is 0 Å². The fourth-order valence-electron chi connectivity index (χ4n) is 1.97. The molecule has 1 heterocycles. The van der Waals surface area contributed by atoms with Crippen molar-refractivity contribution in [2.24, 2.45) is 5.73 Å². The lowest BCUT2D eigenvalue weighted by atomic mass is 10.0. The van der Waals surface area contributed by atoms with Crippen LogP contribution in [-0.2, 0) is 6.42 Å². The minimum Gasteiger partial charge on any atom is -0.361 e. The molecule has 0 saturated heterocycles. The molecule has 0 unspecified atom stereocenters. The number of H-pyrrole nitrogens is 1. The van der Waals surface area contributed by atoms with Gasteiger partial charge in [-0.05, 0) is 43.0 Å². The Morgan fingerprint density at radius 3 is 2.93 bits per heavy atom. The molecule has 78 valence electrons. The normalized spacial score (nSPS) is 18.3. The standard InChI is InChI=1S/C12H13FN2/c13-10-5-8-1-4-15-11(8)6-9(10)7-12(14)2-3-12/h1,4-6,15H,2-3,7,14H2. The second-order valence-electron chi connectivity index (χ2n) is 4.55. The Bertz CT molecular complexity index is 511. The molecule has 0 amide bonds. The summed E-state index contributed by atoms with van der Waals surface area (Å²) < 4.78 is 13.7. The van der Waals surface area contributed by atoms with Crippen LogP contribution in [0.4, 0.5) is 4.39 Å². The van der Waals surface area contributed by atoms with Crippen LogP contribution in [0.3, 0.4) is 0 Å². The van der Waals surface area contributed by atoms with Crippen LogP contribution in [0.25, 0.3) is 10.9 Å². The van der Waals surface area contributed by atoms with Gasteiger partial charge in [-0.3, -0.25) is 0 Å². The maximum Gasteiger partial charge on any atom is 0.127 e. The first-order valence-electron chi connectivity index (χ1n) is 5.21. The van der Waals surface area contributed by atoms with Gasteiger partial charge in [-0.15, -0.1) is 0 Å². The molecule has 0 bridgehead atoms. The number of benzene rings is 1. The molecule has 1 aromatic carbocycles. The first kappa shape index (κ1) is 8.92. The minimum absolute atomic E-state index is 0.138. The molecule has 3 heteroatoms. The van der Waals surface area contributed by atoms with E-state index < -0.39 is 0 Å². The fourth-order valence-corrected chi connectivity index (χ4v) is 1.97. The number of halogens is 1. The second-order valence-corrected chi connectivity index (χ2v) is 4.55. The summed E-state index contributed by atoms with van der Waals surface area (Å²) in [5.41, 5.74) is 7.56. The van der Waals surface area contributed by atoms with Gasteiger partial charge in [0, 0.05) is 22.6 Å². The van der Waals surface area contributed by atoms with Crippen LogP contribution in [0.5, 0.6) is 0 Å². The number of hydrogen-bond donors (Lipinski definition) is 2. The topological polar surface area (TPSA) is 41.8 Å². The largest absolute Gasteiger partial charge is 0.361 e.